The van der Waals surface area contributed by atoms with Crippen molar-refractivity contribution in [3.63, 3.8) is 0 Å². The molecule has 1 saturated carbocycles. The lowest BCUT2D eigenvalue weighted by Gasteiger charge is -2.22. The summed E-state index contributed by atoms with van der Waals surface area (Å²) in [6, 6.07) is 7.02. The Hall–Kier alpha value is -2.04. The van der Waals surface area contributed by atoms with E-state index < -0.39 is 5.97 Å². The fourth-order valence-electron chi connectivity index (χ4n) is 2.53. The molecule has 0 bridgehead atoms. The molecule has 1 aliphatic rings. The van der Waals surface area contributed by atoms with Gasteiger partial charge in [-0.15, -0.1) is 0 Å². The van der Waals surface area contributed by atoms with E-state index in [-0.39, 0.29) is 17.9 Å². The number of benzene rings is 1. The van der Waals surface area contributed by atoms with Gasteiger partial charge in [-0.3, -0.25) is 4.79 Å². The standard InChI is InChI=1S/C16H21NO4/c1-16(8-3-4-9-16)15(19)17-12-6-5-7-13(10-12)21-11-14(18)20-2/h5-7,10H,3-4,8-9,11H2,1-2H3,(H,17,19). The summed E-state index contributed by atoms with van der Waals surface area (Å²) in [6.07, 6.45) is 4.06. The zero-order valence-electron chi connectivity index (χ0n) is 12.5. The second kappa shape index (κ2) is 6.61. The molecule has 0 unspecified atom stereocenters. The minimum Gasteiger partial charge on any atom is -0.482 e. The normalized spacial score (nSPS) is 16.3. The van der Waals surface area contributed by atoms with Crippen LogP contribution in [0.15, 0.2) is 24.3 Å². The van der Waals surface area contributed by atoms with Crippen LogP contribution in [0.3, 0.4) is 0 Å². The highest BCUT2D eigenvalue weighted by molar-refractivity contribution is 5.95. The van der Waals surface area contributed by atoms with Gasteiger partial charge in [0.1, 0.15) is 5.75 Å². The molecule has 1 amide bonds. The van der Waals surface area contributed by atoms with E-state index in [4.69, 9.17) is 4.74 Å². The lowest BCUT2D eigenvalue weighted by atomic mass is 9.88. The largest absolute Gasteiger partial charge is 0.482 e. The van der Waals surface area contributed by atoms with E-state index in [0.717, 1.165) is 25.7 Å². The van der Waals surface area contributed by atoms with Gasteiger partial charge < -0.3 is 14.8 Å². The fourth-order valence-corrected chi connectivity index (χ4v) is 2.53. The van der Waals surface area contributed by atoms with Crippen molar-refractivity contribution in [3.8, 4) is 5.75 Å². The van der Waals surface area contributed by atoms with Crippen molar-refractivity contribution in [1.82, 2.24) is 0 Å². The number of ether oxygens (including phenoxy) is 2. The molecule has 0 radical (unpaired) electrons. The molecule has 1 aromatic rings. The maximum atomic E-state index is 12.3. The third-order valence-electron chi connectivity index (χ3n) is 3.93. The van der Waals surface area contributed by atoms with Gasteiger partial charge in [0.15, 0.2) is 6.61 Å². The summed E-state index contributed by atoms with van der Waals surface area (Å²) in [5, 5.41) is 2.93. The molecule has 5 heteroatoms. The number of amides is 1. The zero-order chi connectivity index (χ0) is 15.3. The van der Waals surface area contributed by atoms with E-state index in [2.05, 4.69) is 10.1 Å². The Bertz CT molecular complexity index is 521. The molecule has 1 aliphatic carbocycles. The summed E-state index contributed by atoms with van der Waals surface area (Å²) in [6.45, 7) is 1.86. The van der Waals surface area contributed by atoms with Crippen molar-refractivity contribution in [3.05, 3.63) is 24.3 Å². The molecule has 5 nitrogen and oxygen atoms in total. The number of rotatable bonds is 5. The van der Waals surface area contributed by atoms with Crippen LogP contribution in [0, 0.1) is 5.41 Å². The van der Waals surface area contributed by atoms with E-state index in [9.17, 15) is 9.59 Å². The Morgan fingerprint density at radius 1 is 1.29 bits per heavy atom. The topological polar surface area (TPSA) is 64.6 Å². The van der Waals surface area contributed by atoms with Gasteiger partial charge in [0, 0.05) is 17.2 Å². The van der Waals surface area contributed by atoms with E-state index >= 15 is 0 Å². The highest BCUT2D eigenvalue weighted by atomic mass is 16.6. The number of nitrogens with one attached hydrogen (secondary N) is 1. The molecule has 0 aliphatic heterocycles. The minimum absolute atomic E-state index is 0.0464. The van der Waals surface area contributed by atoms with Gasteiger partial charge in [-0.1, -0.05) is 25.8 Å². The molecule has 114 valence electrons. The summed E-state index contributed by atoms with van der Waals surface area (Å²) in [7, 11) is 1.31. The molecular formula is C16H21NO4. The van der Waals surface area contributed by atoms with Crippen LogP contribution in [0.25, 0.3) is 0 Å². The Morgan fingerprint density at radius 2 is 2.00 bits per heavy atom. The van der Waals surface area contributed by atoms with Crippen LogP contribution < -0.4 is 10.1 Å². The van der Waals surface area contributed by atoms with Crippen molar-refractivity contribution in [1.29, 1.82) is 0 Å². The molecule has 1 N–H and O–H groups in total. The first-order chi connectivity index (χ1) is 10.0. The maximum absolute atomic E-state index is 12.3. The summed E-state index contributed by atoms with van der Waals surface area (Å²) in [5.41, 5.74) is 0.401. The third-order valence-corrected chi connectivity index (χ3v) is 3.93. The lowest BCUT2D eigenvalue weighted by molar-refractivity contribution is -0.142. The molecule has 0 saturated heterocycles. The molecule has 0 heterocycles. The van der Waals surface area contributed by atoms with E-state index in [1.165, 1.54) is 7.11 Å². The lowest BCUT2D eigenvalue weighted by Crippen LogP contribution is -2.30. The number of methoxy groups -OCH3 is 1. The molecule has 1 fully saturated rings. The average molecular weight is 291 g/mol. The second-order valence-corrected chi connectivity index (χ2v) is 5.61. The van der Waals surface area contributed by atoms with Crippen molar-refractivity contribution in [2.24, 2.45) is 5.41 Å². The quantitative estimate of drug-likeness (QED) is 0.847. The Labute approximate surface area is 124 Å². The van der Waals surface area contributed by atoms with E-state index in [1.54, 1.807) is 24.3 Å². The van der Waals surface area contributed by atoms with Gasteiger partial charge in [0.05, 0.1) is 7.11 Å². The molecular weight excluding hydrogens is 270 g/mol. The number of anilines is 1. The summed E-state index contributed by atoms with van der Waals surface area (Å²) in [4.78, 5) is 23.4. The first-order valence-corrected chi connectivity index (χ1v) is 7.15. The highest BCUT2D eigenvalue weighted by Gasteiger charge is 2.36. The first kappa shape index (κ1) is 15.4. The van der Waals surface area contributed by atoms with E-state index in [1.807, 2.05) is 6.92 Å². The van der Waals surface area contributed by atoms with Crippen LogP contribution in [0.1, 0.15) is 32.6 Å². The first-order valence-electron chi connectivity index (χ1n) is 7.15. The zero-order valence-corrected chi connectivity index (χ0v) is 12.5. The number of carbonyl (C=O) groups is 2. The smallest absolute Gasteiger partial charge is 0.343 e. The van der Waals surface area contributed by atoms with Gasteiger partial charge in [-0.2, -0.15) is 0 Å². The Balaban J connectivity index is 1.97. The number of esters is 1. The number of hydrogen-bond acceptors (Lipinski definition) is 4. The van der Waals surface area contributed by atoms with Crippen molar-refractivity contribution in [2.45, 2.75) is 32.6 Å². The molecule has 0 aromatic heterocycles. The predicted molar refractivity (Wildman–Crippen MR) is 79.2 cm³/mol. The average Bonchev–Trinajstić information content (AvgIpc) is 2.93. The molecule has 0 atom stereocenters. The monoisotopic (exact) mass is 291 g/mol. The summed E-state index contributed by atoms with van der Waals surface area (Å²) >= 11 is 0. The molecule has 2 rings (SSSR count). The third kappa shape index (κ3) is 3.97. The van der Waals surface area contributed by atoms with E-state index in [0.29, 0.717) is 11.4 Å². The van der Waals surface area contributed by atoms with Crippen LogP contribution >= 0.6 is 0 Å². The van der Waals surface area contributed by atoms with Gasteiger partial charge in [-0.25, -0.2) is 4.79 Å². The van der Waals surface area contributed by atoms with Gasteiger partial charge in [-0.05, 0) is 25.0 Å². The molecule has 0 spiro atoms. The SMILES string of the molecule is COC(=O)COc1cccc(NC(=O)C2(C)CCCC2)c1. The van der Waals surface area contributed by atoms with Gasteiger partial charge in [0.2, 0.25) is 5.91 Å². The van der Waals surface area contributed by atoms with Crippen LogP contribution in [-0.2, 0) is 14.3 Å². The van der Waals surface area contributed by atoms with Crippen molar-refractivity contribution >= 4 is 17.6 Å². The maximum Gasteiger partial charge on any atom is 0.343 e. The highest BCUT2D eigenvalue weighted by Crippen LogP contribution is 2.38. The summed E-state index contributed by atoms with van der Waals surface area (Å²) < 4.78 is 9.82. The Morgan fingerprint density at radius 3 is 2.67 bits per heavy atom. The van der Waals surface area contributed by atoms with Crippen LogP contribution in [0.2, 0.25) is 0 Å². The minimum atomic E-state index is -0.442. The van der Waals surface area contributed by atoms with Crippen LogP contribution in [0.4, 0.5) is 5.69 Å². The fraction of sp³-hybridized carbons (Fsp3) is 0.500. The van der Waals surface area contributed by atoms with Crippen molar-refractivity contribution in [2.75, 3.05) is 19.0 Å². The van der Waals surface area contributed by atoms with Gasteiger partial charge >= 0.3 is 5.97 Å². The van der Waals surface area contributed by atoms with Crippen molar-refractivity contribution < 1.29 is 19.1 Å². The second-order valence-electron chi connectivity index (χ2n) is 5.61. The van der Waals surface area contributed by atoms with Crippen LogP contribution in [0.5, 0.6) is 5.75 Å². The predicted octanol–water partition coefficient (Wildman–Crippen LogP) is 2.76. The van der Waals surface area contributed by atoms with Gasteiger partial charge in [0.25, 0.3) is 0 Å². The Kier molecular flexibility index (Phi) is 4.83. The summed E-state index contributed by atoms with van der Waals surface area (Å²) in [5.74, 6) is 0.128. The number of hydrogen-bond donors (Lipinski definition) is 1. The molecule has 1 aromatic carbocycles. The number of carbonyl (C=O) groups excluding carboxylic acids is 2. The van der Waals surface area contributed by atoms with Crippen LogP contribution in [-0.4, -0.2) is 25.6 Å². The molecule has 21 heavy (non-hydrogen) atoms.